The van der Waals surface area contributed by atoms with Gasteiger partial charge in [0.15, 0.2) is 0 Å². The molecule has 1 aromatic rings. The highest BCUT2D eigenvalue weighted by molar-refractivity contribution is 6.04. The Balaban J connectivity index is 2.58. The molecule has 0 unspecified atom stereocenters. The maximum absolute atomic E-state index is 12.2. The van der Waals surface area contributed by atoms with Crippen molar-refractivity contribution in [2.75, 3.05) is 23.4 Å². The van der Waals surface area contributed by atoms with Gasteiger partial charge in [0.1, 0.15) is 0 Å². The maximum atomic E-state index is 12.2. The van der Waals surface area contributed by atoms with Gasteiger partial charge in [-0.25, -0.2) is 4.79 Å². The van der Waals surface area contributed by atoms with E-state index in [-0.39, 0.29) is 35.7 Å². The van der Waals surface area contributed by atoms with Gasteiger partial charge >= 0.3 is 5.97 Å². The van der Waals surface area contributed by atoms with E-state index in [9.17, 15) is 24.6 Å². The Bertz CT molecular complexity index is 653. The van der Waals surface area contributed by atoms with Gasteiger partial charge in [0.05, 0.1) is 35.7 Å². The van der Waals surface area contributed by atoms with Gasteiger partial charge in [-0.05, 0) is 24.6 Å². The largest absolute Gasteiger partial charge is 0.478 e. The van der Waals surface area contributed by atoms with E-state index in [4.69, 9.17) is 5.11 Å². The lowest BCUT2D eigenvalue weighted by molar-refractivity contribution is -0.118. The summed E-state index contributed by atoms with van der Waals surface area (Å²) in [6.45, 7) is 0.360. The highest BCUT2D eigenvalue weighted by Crippen LogP contribution is 2.39. The van der Waals surface area contributed by atoms with Gasteiger partial charge in [-0.3, -0.25) is 14.5 Å². The first-order valence-corrected chi connectivity index (χ1v) is 7.04. The molecule has 0 radical (unpaired) electrons. The van der Waals surface area contributed by atoms with Crippen LogP contribution in [0, 0.1) is 0 Å². The molecule has 0 bridgehead atoms. The number of aliphatic hydroxyl groups excluding tert-OH is 2. The van der Waals surface area contributed by atoms with Crippen LogP contribution in [-0.2, 0) is 9.59 Å². The number of anilines is 2. The van der Waals surface area contributed by atoms with Crippen LogP contribution in [0.1, 0.15) is 30.1 Å². The molecule has 1 aliphatic rings. The third kappa shape index (κ3) is 3.03. The molecule has 8 heteroatoms. The van der Waals surface area contributed by atoms with Crippen molar-refractivity contribution in [3.63, 3.8) is 0 Å². The zero-order valence-electron chi connectivity index (χ0n) is 12.6. The molecule has 0 aliphatic carbocycles. The van der Waals surface area contributed by atoms with Gasteiger partial charge in [-0.15, -0.1) is 0 Å². The Kier molecular flexibility index (Phi) is 4.67. The Labute approximate surface area is 132 Å². The van der Waals surface area contributed by atoms with Crippen LogP contribution in [0.15, 0.2) is 18.2 Å². The van der Waals surface area contributed by atoms with E-state index in [1.54, 1.807) is 0 Å². The Morgan fingerprint density at radius 3 is 2.48 bits per heavy atom. The van der Waals surface area contributed by atoms with Crippen LogP contribution >= 0.6 is 0 Å². The topological polar surface area (TPSA) is 127 Å². The molecule has 0 atom stereocenters. The predicted octanol–water partition coefficient (Wildman–Crippen LogP) is 0.193. The number of nitrogens with one attached hydrogen (secondary N) is 1. The average molecular weight is 322 g/mol. The van der Waals surface area contributed by atoms with Gasteiger partial charge in [0, 0.05) is 13.3 Å². The quantitative estimate of drug-likeness (QED) is 0.613. The first-order valence-electron chi connectivity index (χ1n) is 7.04. The number of carboxylic acid groups (broad SMARTS) is 1. The van der Waals surface area contributed by atoms with Crippen molar-refractivity contribution >= 4 is 29.2 Å². The molecule has 2 amide bonds. The molecule has 1 saturated heterocycles. The smallest absolute Gasteiger partial charge is 0.335 e. The summed E-state index contributed by atoms with van der Waals surface area (Å²) in [4.78, 5) is 36.0. The van der Waals surface area contributed by atoms with Crippen LogP contribution in [0.5, 0.6) is 0 Å². The zero-order chi connectivity index (χ0) is 17.2. The minimum absolute atomic E-state index is 0.0530. The summed E-state index contributed by atoms with van der Waals surface area (Å²) < 4.78 is 0. The van der Waals surface area contributed by atoms with Crippen molar-refractivity contribution in [1.82, 2.24) is 0 Å². The van der Waals surface area contributed by atoms with Crippen LogP contribution in [0.25, 0.3) is 0 Å². The summed E-state index contributed by atoms with van der Waals surface area (Å²) in [7, 11) is 0. The second-order valence-corrected chi connectivity index (χ2v) is 5.49. The molecule has 2 rings (SSSR count). The number of aromatic carboxylic acids is 1. The van der Waals surface area contributed by atoms with Crippen molar-refractivity contribution in [3.05, 3.63) is 23.8 Å². The fraction of sp³-hybridized carbons (Fsp3) is 0.400. The van der Waals surface area contributed by atoms with Crippen molar-refractivity contribution in [2.45, 2.75) is 25.3 Å². The van der Waals surface area contributed by atoms with Gasteiger partial charge in [0.2, 0.25) is 11.8 Å². The number of carbonyl (C=O) groups is 3. The lowest BCUT2D eigenvalue weighted by Crippen LogP contribution is -2.52. The maximum Gasteiger partial charge on any atom is 0.335 e. The van der Waals surface area contributed by atoms with Crippen LogP contribution < -0.4 is 10.2 Å². The van der Waals surface area contributed by atoms with Gasteiger partial charge < -0.3 is 20.6 Å². The number of carbonyl (C=O) groups excluding carboxylic acids is 2. The second kappa shape index (κ2) is 6.35. The van der Waals surface area contributed by atoms with Gasteiger partial charge in [-0.2, -0.15) is 0 Å². The summed E-state index contributed by atoms with van der Waals surface area (Å²) in [5.74, 6) is -1.92. The second-order valence-electron chi connectivity index (χ2n) is 5.49. The Morgan fingerprint density at radius 2 is 1.96 bits per heavy atom. The fourth-order valence-corrected chi connectivity index (χ4v) is 2.72. The van der Waals surface area contributed by atoms with Crippen LogP contribution in [-0.4, -0.2) is 51.9 Å². The summed E-state index contributed by atoms with van der Waals surface area (Å²) in [6.07, 6.45) is 0.403. The normalized spacial score (nSPS) is 16.5. The standard InChI is InChI=1S/C15H18N2O6/c1-9(20)16-11-6-10(14(22)23)2-3-12(11)17-13(21)4-5-15(17,7-18)8-19/h2-3,6,18-19H,4-5,7-8H2,1H3,(H,16,20)(H,22,23). The van der Waals surface area contributed by atoms with E-state index >= 15 is 0 Å². The summed E-state index contributed by atoms with van der Waals surface area (Å²) in [6, 6.07) is 3.93. The van der Waals surface area contributed by atoms with Crippen molar-refractivity contribution in [1.29, 1.82) is 0 Å². The number of hydrogen-bond donors (Lipinski definition) is 4. The molecule has 0 spiro atoms. The number of rotatable bonds is 5. The molecule has 1 heterocycles. The predicted molar refractivity (Wildman–Crippen MR) is 81.3 cm³/mol. The average Bonchev–Trinajstić information content (AvgIpc) is 2.84. The minimum Gasteiger partial charge on any atom is -0.478 e. The number of amides is 2. The highest BCUT2D eigenvalue weighted by atomic mass is 16.4. The Morgan fingerprint density at radius 1 is 1.30 bits per heavy atom. The van der Waals surface area contributed by atoms with Crippen molar-refractivity contribution in [2.24, 2.45) is 0 Å². The lowest BCUT2D eigenvalue weighted by atomic mass is 9.97. The van der Waals surface area contributed by atoms with E-state index < -0.39 is 30.6 Å². The molecular weight excluding hydrogens is 304 g/mol. The molecule has 4 N–H and O–H groups in total. The summed E-state index contributed by atoms with van der Waals surface area (Å²) in [5, 5.41) is 30.9. The number of benzene rings is 1. The third-order valence-corrected chi connectivity index (χ3v) is 3.91. The van der Waals surface area contributed by atoms with Crippen molar-refractivity contribution in [3.8, 4) is 0 Å². The van der Waals surface area contributed by atoms with E-state index in [2.05, 4.69) is 5.32 Å². The monoisotopic (exact) mass is 322 g/mol. The van der Waals surface area contributed by atoms with Crippen LogP contribution in [0.3, 0.4) is 0 Å². The molecule has 1 aromatic carbocycles. The number of aliphatic hydroxyl groups is 2. The first kappa shape index (κ1) is 16.9. The molecule has 1 aliphatic heterocycles. The zero-order valence-corrected chi connectivity index (χ0v) is 12.6. The molecule has 124 valence electrons. The van der Waals surface area contributed by atoms with Gasteiger partial charge in [0.25, 0.3) is 0 Å². The molecule has 1 fully saturated rings. The van der Waals surface area contributed by atoms with Crippen molar-refractivity contribution < 1.29 is 29.7 Å². The van der Waals surface area contributed by atoms with E-state index in [0.29, 0.717) is 0 Å². The summed E-state index contributed by atoms with van der Waals surface area (Å²) >= 11 is 0. The fourth-order valence-electron chi connectivity index (χ4n) is 2.72. The highest BCUT2D eigenvalue weighted by Gasteiger charge is 2.46. The van der Waals surface area contributed by atoms with E-state index in [1.165, 1.54) is 30.0 Å². The van der Waals surface area contributed by atoms with E-state index in [0.717, 1.165) is 0 Å². The number of hydrogen-bond acceptors (Lipinski definition) is 5. The van der Waals surface area contributed by atoms with Crippen LogP contribution in [0.2, 0.25) is 0 Å². The first-order chi connectivity index (χ1) is 10.8. The molecule has 0 aromatic heterocycles. The SMILES string of the molecule is CC(=O)Nc1cc(C(=O)O)ccc1N1C(=O)CCC1(CO)CO. The third-order valence-electron chi connectivity index (χ3n) is 3.91. The molecular formula is C15H18N2O6. The molecule has 23 heavy (non-hydrogen) atoms. The molecule has 0 saturated carbocycles. The minimum atomic E-state index is -1.17. The Hall–Kier alpha value is -2.45. The van der Waals surface area contributed by atoms with Gasteiger partial charge in [-0.1, -0.05) is 0 Å². The molecule has 8 nitrogen and oxygen atoms in total. The lowest BCUT2D eigenvalue weighted by Gasteiger charge is -2.36. The summed E-state index contributed by atoms with van der Waals surface area (Å²) in [5.41, 5.74) is -0.841. The van der Waals surface area contributed by atoms with Crippen LogP contribution in [0.4, 0.5) is 11.4 Å². The van der Waals surface area contributed by atoms with E-state index in [1.807, 2.05) is 0 Å². The number of nitrogens with zero attached hydrogens (tertiary/aromatic N) is 1. The number of carboxylic acids is 1.